The lowest BCUT2D eigenvalue weighted by Gasteiger charge is -2.26. The standard InChI is InChI=1S/C25H15F3O5/c1-31-14-4-2-12(3-5-14)8-20-24(30)15-6-7-19-22(25(15)33-20)16(11-21(29)32-19)13-9-17(26)23(28)18(27)10-13/h2-10,16H,11H2,1H3/b20-8-/t16-/m0/s1. The number of ether oxygens (including phenoxy) is 3. The van der Waals surface area contributed by atoms with Crippen molar-refractivity contribution in [3.05, 3.63) is 94.0 Å². The minimum Gasteiger partial charge on any atom is -0.497 e. The Kier molecular flexibility index (Phi) is 4.92. The minimum absolute atomic E-state index is 0.0290. The van der Waals surface area contributed by atoms with Gasteiger partial charge in [0.25, 0.3) is 0 Å². The van der Waals surface area contributed by atoms with E-state index in [0.29, 0.717) is 16.9 Å². The molecule has 166 valence electrons. The molecule has 5 rings (SSSR count). The summed E-state index contributed by atoms with van der Waals surface area (Å²) in [6.07, 6.45) is 1.29. The number of hydrogen-bond acceptors (Lipinski definition) is 5. The van der Waals surface area contributed by atoms with E-state index in [9.17, 15) is 22.8 Å². The van der Waals surface area contributed by atoms with Crippen molar-refractivity contribution in [1.29, 1.82) is 0 Å². The molecule has 2 heterocycles. The minimum atomic E-state index is -1.60. The number of Topliss-reactive ketones (excluding diaryl/α,β-unsaturated/α-hetero) is 1. The second kappa shape index (κ2) is 7.81. The fraction of sp³-hybridized carbons (Fsp3) is 0.120. The van der Waals surface area contributed by atoms with Crippen LogP contribution in [0.1, 0.15) is 39.4 Å². The van der Waals surface area contributed by atoms with Crippen molar-refractivity contribution in [3.8, 4) is 17.2 Å². The molecule has 0 radical (unpaired) electrons. The van der Waals surface area contributed by atoms with Crippen LogP contribution in [-0.2, 0) is 4.79 Å². The molecule has 0 unspecified atom stereocenters. The van der Waals surface area contributed by atoms with E-state index in [1.54, 1.807) is 37.5 Å². The molecule has 8 heteroatoms. The van der Waals surface area contributed by atoms with Gasteiger partial charge in [-0.25, -0.2) is 13.2 Å². The van der Waals surface area contributed by atoms with Gasteiger partial charge in [-0.15, -0.1) is 0 Å². The molecular weight excluding hydrogens is 437 g/mol. The molecule has 0 saturated heterocycles. The Bertz CT molecular complexity index is 1320. The van der Waals surface area contributed by atoms with Crippen LogP contribution in [0.15, 0.2) is 54.3 Å². The molecule has 2 aliphatic rings. The molecule has 1 atom stereocenters. The van der Waals surface area contributed by atoms with E-state index in [1.165, 1.54) is 12.1 Å². The summed E-state index contributed by atoms with van der Waals surface area (Å²) in [6, 6.07) is 11.5. The Morgan fingerprint density at radius 3 is 2.33 bits per heavy atom. The van der Waals surface area contributed by atoms with Crippen LogP contribution in [0.5, 0.6) is 17.2 Å². The quantitative estimate of drug-likeness (QED) is 0.238. The van der Waals surface area contributed by atoms with Gasteiger partial charge in [0.05, 0.1) is 19.1 Å². The summed E-state index contributed by atoms with van der Waals surface area (Å²) >= 11 is 0. The molecule has 5 nitrogen and oxygen atoms in total. The number of ketones is 1. The number of methoxy groups -OCH3 is 1. The fourth-order valence-corrected chi connectivity index (χ4v) is 4.02. The third kappa shape index (κ3) is 3.53. The summed E-state index contributed by atoms with van der Waals surface area (Å²) in [7, 11) is 1.54. The first kappa shape index (κ1) is 20.8. The van der Waals surface area contributed by atoms with Crippen molar-refractivity contribution in [2.45, 2.75) is 12.3 Å². The third-order valence-corrected chi connectivity index (χ3v) is 5.60. The molecule has 0 N–H and O–H groups in total. The summed E-state index contributed by atoms with van der Waals surface area (Å²) in [6.45, 7) is 0. The van der Waals surface area contributed by atoms with Crippen LogP contribution >= 0.6 is 0 Å². The topological polar surface area (TPSA) is 61.8 Å². The summed E-state index contributed by atoms with van der Waals surface area (Å²) in [5, 5.41) is 0. The van der Waals surface area contributed by atoms with Gasteiger partial charge in [0.15, 0.2) is 23.2 Å². The number of carbonyl (C=O) groups excluding carboxylic acids is 2. The van der Waals surface area contributed by atoms with Gasteiger partial charge in [0.2, 0.25) is 5.78 Å². The van der Waals surface area contributed by atoms with Crippen LogP contribution in [0.25, 0.3) is 6.08 Å². The SMILES string of the molecule is COc1ccc(/C=C2\Oc3c(ccc4c3[C@H](c3cc(F)c(F)c(F)c3)CC(=O)O4)C2=O)cc1. The van der Waals surface area contributed by atoms with Gasteiger partial charge in [-0.1, -0.05) is 12.1 Å². The van der Waals surface area contributed by atoms with E-state index < -0.39 is 35.1 Å². The van der Waals surface area contributed by atoms with E-state index in [0.717, 1.165) is 12.1 Å². The molecule has 0 aliphatic carbocycles. The van der Waals surface area contributed by atoms with E-state index >= 15 is 0 Å². The smallest absolute Gasteiger partial charge is 0.312 e. The van der Waals surface area contributed by atoms with Crippen LogP contribution in [0, 0.1) is 17.5 Å². The molecule has 0 fully saturated rings. The van der Waals surface area contributed by atoms with Gasteiger partial charge < -0.3 is 14.2 Å². The van der Waals surface area contributed by atoms with Crippen molar-refractivity contribution >= 4 is 17.8 Å². The van der Waals surface area contributed by atoms with E-state index in [1.807, 2.05) is 0 Å². The first-order valence-corrected chi connectivity index (χ1v) is 9.96. The van der Waals surface area contributed by atoms with Crippen molar-refractivity contribution < 1.29 is 37.0 Å². The van der Waals surface area contributed by atoms with Crippen LogP contribution in [-0.4, -0.2) is 18.9 Å². The van der Waals surface area contributed by atoms with Crippen molar-refractivity contribution in [2.24, 2.45) is 0 Å². The Morgan fingerprint density at radius 2 is 1.67 bits per heavy atom. The molecule has 0 amide bonds. The zero-order valence-corrected chi connectivity index (χ0v) is 17.2. The number of carbonyl (C=O) groups is 2. The highest BCUT2D eigenvalue weighted by atomic mass is 19.2. The number of rotatable bonds is 3. The molecule has 0 aromatic heterocycles. The second-order valence-electron chi connectivity index (χ2n) is 7.60. The highest BCUT2D eigenvalue weighted by Gasteiger charge is 2.39. The average Bonchev–Trinajstić information content (AvgIpc) is 3.12. The van der Waals surface area contributed by atoms with Crippen LogP contribution in [0.3, 0.4) is 0 Å². The highest BCUT2D eigenvalue weighted by Crippen LogP contribution is 2.49. The van der Waals surface area contributed by atoms with Crippen LogP contribution in [0.2, 0.25) is 0 Å². The van der Waals surface area contributed by atoms with Gasteiger partial charge in [0.1, 0.15) is 17.2 Å². The predicted molar refractivity (Wildman–Crippen MR) is 111 cm³/mol. The molecule has 0 spiro atoms. The van der Waals surface area contributed by atoms with Gasteiger partial charge >= 0.3 is 5.97 Å². The Morgan fingerprint density at radius 1 is 0.970 bits per heavy atom. The lowest BCUT2D eigenvalue weighted by molar-refractivity contribution is -0.135. The van der Waals surface area contributed by atoms with Crippen molar-refractivity contribution in [2.75, 3.05) is 7.11 Å². The highest BCUT2D eigenvalue weighted by molar-refractivity contribution is 6.15. The van der Waals surface area contributed by atoms with Crippen LogP contribution in [0.4, 0.5) is 13.2 Å². The summed E-state index contributed by atoms with van der Waals surface area (Å²) in [5.41, 5.74) is 1.23. The largest absolute Gasteiger partial charge is 0.497 e. The zero-order chi connectivity index (χ0) is 23.3. The lowest BCUT2D eigenvalue weighted by atomic mass is 9.84. The maximum atomic E-state index is 13.9. The Hall–Kier alpha value is -4.07. The molecule has 2 aliphatic heterocycles. The first-order chi connectivity index (χ1) is 15.9. The molecule has 3 aromatic carbocycles. The van der Waals surface area contributed by atoms with E-state index in [4.69, 9.17) is 14.2 Å². The van der Waals surface area contributed by atoms with E-state index in [-0.39, 0.29) is 34.8 Å². The Labute approximate surface area is 186 Å². The number of esters is 1. The number of benzene rings is 3. The number of halogens is 3. The van der Waals surface area contributed by atoms with Gasteiger partial charge in [-0.3, -0.25) is 9.59 Å². The second-order valence-corrected chi connectivity index (χ2v) is 7.60. The van der Waals surface area contributed by atoms with Gasteiger partial charge in [-0.05, 0) is 53.6 Å². The number of allylic oxidation sites excluding steroid dienone is 1. The maximum absolute atomic E-state index is 13.9. The summed E-state index contributed by atoms with van der Waals surface area (Å²) < 4.78 is 57.6. The predicted octanol–water partition coefficient (Wildman–Crippen LogP) is 5.17. The lowest BCUT2D eigenvalue weighted by Crippen LogP contribution is -2.22. The fourth-order valence-electron chi connectivity index (χ4n) is 4.02. The van der Waals surface area contributed by atoms with Crippen LogP contribution < -0.4 is 14.2 Å². The molecular formula is C25H15F3O5. The maximum Gasteiger partial charge on any atom is 0.312 e. The third-order valence-electron chi connectivity index (χ3n) is 5.60. The zero-order valence-electron chi connectivity index (χ0n) is 17.2. The molecule has 0 saturated carbocycles. The summed E-state index contributed by atoms with van der Waals surface area (Å²) in [5.74, 6) is -5.34. The Balaban J connectivity index is 1.60. The number of hydrogen-bond donors (Lipinski definition) is 0. The van der Waals surface area contributed by atoms with Crippen molar-refractivity contribution in [3.63, 3.8) is 0 Å². The summed E-state index contributed by atoms with van der Waals surface area (Å²) in [4.78, 5) is 25.1. The van der Waals surface area contributed by atoms with Crippen molar-refractivity contribution in [1.82, 2.24) is 0 Å². The molecule has 0 bridgehead atoms. The molecule has 3 aromatic rings. The number of fused-ring (bicyclic) bond motifs is 3. The average molecular weight is 452 g/mol. The monoisotopic (exact) mass is 452 g/mol. The normalized spacial score (nSPS) is 17.9. The molecule has 33 heavy (non-hydrogen) atoms. The first-order valence-electron chi connectivity index (χ1n) is 9.96. The van der Waals surface area contributed by atoms with Gasteiger partial charge in [-0.2, -0.15) is 0 Å². The van der Waals surface area contributed by atoms with Gasteiger partial charge in [0, 0.05) is 11.5 Å². The van der Waals surface area contributed by atoms with E-state index in [2.05, 4.69) is 0 Å².